The number of aromatic nitrogens is 1. The van der Waals surface area contributed by atoms with Gasteiger partial charge >= 0.3 is 5.97 Å². The summed E-state index contributed by atoms with van der Waals surface area (Å²) < 4.78 is 4.97. The lowest BCUT2D eigenvalue weighted by atomic mass is 9.95. The van der Waals surface area contributed by atoms with Crippen LogP contribution in [0.3, 0.4) is 0 Å². The van der Waals surface area contributed by atoms with Crippen molar-refractivity contribution < 1.29 is 9.53 Å². The van der Waals surface area contributed by atoms with Crippen LogP contribution in [0.5, 0.6) is 0 Å². The number of esters is 1. The molecule has 1 saturated heterocycles. The summed E-state index contributed by atoms with van der Waals surface area (Å²) in [6, 6.07) is 9.16. The highest BCUT2D eigenvalue weighted by molar-refractivity contribution is 8.14. The second-order valence-electron chi connectivity index (χ2n) is 6.06. The number of rotatable bonds is 4. The summed E-state index contributed by atoms with van der Waals surface area (Å²) in [5.41, 5.74) is 3.57. The number of fused-ring (bicyclic) bond motifs is 2. The zero-order chi connectivity index (χ0) is 17.2. The van der Waals surface area contributed by atoms with Crippen molar-refractivity contribution >= 4 is 39.4 Å². The molecule has 130 valence electrons. The lowest BCUT2D eigenvalue weighted by Crippen LogP contribution is -2.38. The van der Waals surface area contributed by atoms with Gasteiger partial charge in [0.25, 0.3) is 0 Å². The first-order valence-electron chi connectivity index (χ1n) is 8.38. The highest BCUT2D eigenvalue weighted by Crippen LogP contribution is 2.35. The lowest BCUT2D eigenvalue weighted by Gasteiger charge is -2.32. The van der Waals surface area contributed by atoms with Crippen molar-refractivity contribution in [3.63, 3.8) is 0 Å². The molecule has 0 unspecified atom stereocenters. The highest BCUT2D eigenvalue weighted by atomic mass is 32.2. The summed E-state index contributed by atoms with van der Waals surface area (Å²) in [7, 11) is 0. The average molecular weight is 374 g/mol. The van der Waals surface area contributed by atoms with Gasteiger partial charge in [-0.2, -0.15) is 4.99 Å². The molecule has 2 aliphatic rings. The Hall–Kier alpha value is -1.86. The molecular weight excluding hydrogens is 354 g/mol. The predicted octanol–water partition coefficient (Wildman–Crippen LogP) is 3.41. The number of amidine groups is 1. The van der Waals surface area contributed by atoms with Crippen LogP contribution in [-0.4, -0.2) is 39.4 Å². The largest absolute Gasteiger partial charge is 0.466 e. The van der Waals surface area contributed by atoms with E-state index >= 15 is 0 Å². The fraction of sp³-hybridized carbons (Fsp3) is 0.389. The molecule has 4 rings (SSSR count). The molecule has 1 aromatic carbocycles. The molecule has 0 bridgehead atoms. The molecule has 25 heavy (non-hydrogen) atoms. The third kappa shape index (κ3) is 3.57. The van der Waals surface area contributed by atoms with Crippen LogP contribution in [-0.2, 0) is 28.9 Å². The molecule has 5 nitrogen and oxygen atoms in total. The molecule has 0 spiro atoms. The van der Waals surface area contributed by atoms with E-state index in [4.69, 9.17) is 9.73 Å². The molecule has 3 heterocycles. The number of ether oxygens (including phenoxy) is 1. The third-order valence-corrected chi connectivity index (χ3v) is 6.29. The van der Waals surface area contributed by atoms with Gasteiger partial charge in [0, 0.05) is 23.7 Å². The molecule has 1 fully saturated rings. The number of carbonyl (C=O) groups excluding carboxylic acids is 1. The van der Waals surface area contributed by atoms with Crippen LogP contribution in [0.25, 0.3) is 0 Å². The molecule has 0 saturated carbocycles. The fourth-order valence-corrected chi connectivity index (χ4v) is 5.10. The van der Waals surface area contributed by atoms with Gasteiger partial charge in [-0.05, 0) is 24.5 Å². The Bertz CT molecular complexity index is 818. The van der Waals surface area contributed by atoms with E-state index in [1.165, 1.54) is 22.5 Å². The maximum Gasteiger partial charge on any atom is 0.311 e. The lowest BCUT2D eigenvalue weighted by molar-refractivity contribution is -0.142. The fourth-order valence-electron chi connectivity index (χ4n) is 3.18. The number of thiazole rings is 1. The second-order valence-corrected chi connectivity index (χ2v) is 7.89. The van der Waals surface area contributed by atoms with E-state index in [-0.39, 0.29) is 12.4 Å². The van der Waals surface area contributed by atoms with Crippen molar-refractivity contribution in [2.75, 3.05) is 12.4 Å². The zero-order valence-electron chi connectivity index (χ0n) is 14.0. The van der Waals surface area contributed by atoms with Gasteiger partial charge in [-0.15, -0.1) is 11.3 Å². The maximum atomic E-state index is 11.6. The van der Waals surface area contributed by atoms with Crippen LogP contribution >= 0.6 is 23.1 Å². The van der Waals surface area contributed by atoms with E-state index in [0.717, 1.165) is 29.6 Å². The van der Waals surface area contributed by atoms with Crippen LogP contribution in [0.15, 0.2) is 34.6 Å². The summed E-state index contributed by atoms with van der Waals surface area (Å²) in [5.74, 6) is 0.823. The molecule has 7 heteroatoms. The first-order chi connectivity index (χ1) is 12.2. The average Bonchev–Trinajstić information content (AvgIpc) is 3.20. The molecule has 0 aliphatic carbocycles. The highest BCUT2D eigenvalue weighted by Gasteiger charge is 2.34. The minimum atomic E-state index is -0.241. The normalized spacial score (nSPS) is 20.4. The third-order valence-electron chi connectivity index (χ3n) is 4.37. The van der Waals surface area contributed by atoms with Gasteiger partial charge in [0.2, 0.25) is 5.13 Å². The number of carbonyl (C=O) groups is 1. The van der Waals surface area contributed by atoms with E-state index in [9.17, 15) is 4.79 Å². The molecule has 0 N–H and O–H groups in total. The van der Waals surface area contributed by atoms with Crippen molar-refractivity contribution in [2.45, 2.75) is 32.4 Å². The van der Waals surface area contributed by atoms with Crippen LogP contribution < -0.4 is 0 Å². The zero-order valence-corrected chi connectivity index (χ0v) is 15.6. The number of hydrogen-bond acceptors (Lipinski definition) is 6. The molecule has 2 aliphatic heterocycles. The summed E-state index contributed by atoms with van der Waals surface area (Å²) in [6.07, 6.45) is 1.29. The number of aliphatic imine (C=N–C) groups is 1. The van der Waals surface area contributed by atoms with Gasteiger partial charge in [0.05, 0.1) is 18.7 Å². The van der Waals surface area contributed by atoms with E-state index in [0.29, 0.717) is 17.8 Å². The van der Waals surface area contributed by atoms with Crippen molar-refractivity contribution in [3.8, 4) is 0 Å². The first kappa shape index (κ1) is 16.6. The number of thioether (sulfide) groups is 1. The minimum Gasteiger partial charge on any atom is -0.466 e. The van der Waals surface area contributed by atoms with Crippen LogP contribution in [0.2, 0.25) is 0 Å². The summed E-state index contributed by atoms with van der Waals surface area (Å²) in [6.45, 7) is 3.11. The van der Waals surface area contributed by atoms with Crippen LogP contribution in [0.4, 0.5) is 5.13 Å². The molecule has 1 atom stereocenters. The van der Waals surface area contributed by atoms with Crippen LogP contribution in [0.1, 0.15) is 23.7 Å². The second kappa shape index (κ2) is 7.17. The first-order valence-corrected chi connectivity index (χ1v) is 10.2. The maximum absolute atomic E-state index is 11.6. The summed E-state index contributed by atoms with van der Waals surface area (Å²) in [5, 5.41) is 3.64. The Morgan fingerprint density at radius 2 is 2.24 bits per heavy atom. The molecule has 0 amide bonds. The SMILES string of the molecule is CCOC(=O)Cc1csc(/N=C2\SC[C@@H]3Cc4ccccc4CN23)n1. The van der Waals surface area contributed by atoms with Crippen molar-refractivity contribution in [2.24, 2.45) is 4.99 Å². The number of benzene rings is 1. The van der Waals surface area contributed by atoms with Gasteiger partial charge in [-0.25, -0.2) is 4.98 Å². The summed E-state index contributed by atoms with van der Waals surface area (Å²) in [4.78, 5) is 23.2. The van der Waals surface area contributed by atoms with Gasteiger partial charge in [-0.1, -0.05) is 36.0 Å². The van der Waals surface area contributed by atoms with E-state index in [2.05, 4.69) is 34.1 Å². The molecular formula is C18H19N3O2S2. The quantitative estimate of drug-likeness (QED) is 0.769. The van der Waals surface area contributed by atoms with Crippen molar-refractivity contribution in [1.82, 2.24) is 9.88 Å². The Morgan fingerprint density at radius 1 is 1.40 bits per heavy atom. The molecule has 2 aromatic rings. The van der Waals surface area contributed by atoms with Gasteiger partial charge in [-0.3, -0.25) is 4.79 Å². The minimum absolute atomic E-state index is 0.210. The predicted molar refractivity (Wildman–Crippen MR) is 101 cm³/mol. The Morgan fingerprint density at radius 3 is 3.08 bits per heavy atom. The van der Waals surface area contributed by atoms with Gasteiger partial charge < -0.3 is 9.64 Å². The van der Waals surface area contributed by atoms with Crippen molar-refractivity contribution in [1.29, 1.82) is 0 Å². The standard InChI is InChI=1S/C18H19N3O2S2/c1-2-23-16(22)8-14-10-24-17(19-14)20-18-21-9-13-6-4-3-5-12(13)7-15(21)11-25-18/h3-6,10,15H,2,7-9,11H2,1H3/b20-18-/t15-/m0/s1. The number of hydrogen-bond donors (Lipinski definition) is 0. The Balaban J connectivity index is 1.49. The van der Waals surface area contributed by atoms with Gasteiger partial charge in [0.15, 0.2) is 5.17 Å². The van der Waals surface area contributed by atoms with Crippen LogP contribution in [0, 0.1) is 0 Å². The Labute approximate surface area is 155 Å². The number of nitrogens with zero attached hydrogens (tertiary/aromatic N) is 3. The van der Waals surface area contributed by atoms with E-state index < -0.39 is 0 Å². The van der Waals surface area contributed by atoms with E-state index in [1.807, 2.05) is 5.38 Å². The monoisotopic (exact) mass is 373 g/mol. The topological polar surface area (TPSA) is 54.8 Å². The van der Waals surface area contributed by atoms with Crippen molar-refractivity contribution in [3.05, 3.63) is 46.5 Å². The molecule has 0 radical (unpaired) electrons. The Kier molecular flexibility index (Phi) is 4.76. The molecule has 1 aromatic heterocycles. The smallest absolute Gasteiger partial charge is 0.311 e. The van der Waals surface area contributed by atoms with E-state index in [1.54, 1.807) is 18.7 Å². The van der Waals surface area contributed by atoms with Gasteiger partial charge in [0.1, 0.15) is 0 Å². The summed E-state index contributed by atoms with van der Waals surface area (Å²) >= 11 is 3.27.